The number of ether oxygens (including phenoxy) is 2. The monoisotopic (exact) mass is 490 g/mol. The lowest BCUT2D eigenvalue weighted by molar-refractivity contribution is 0.178. The van der Waals surface area contributed by atoms with Gasteiger partial charge >= 0.3 is 0 Å². The lowest BCUT2D eigenvalue weighted by atomic mass is 9.80. The smallest absolute Gasteiger partial charge is 0.122 e. The van der Waals surface area contributed by atoms with Crippen LogP contribution < -0.4 is 9.47 Å². The van der Waals surface area contributed by atoms with Crippen molar-refractivity contribution in [3.8, 4) is 22.6 Å². The molecule has 2 aliphatic carbocycles. The van der Waals surface area contributed by atoms with Gasteiger partial charge in [-0.05, 0) is 110 Å². The fraction of sp³-hybridized carbons (Fsp3) is 0.647. The van der Waals surface area contributed by atoms with Gasteiger partial charge in [-0.2, -0.15) is 0 Å². The average Bonchev–Trinajstić information content (AvgIpc) is 2.89. The molecule has 0 aromatic heterocycles. The molecule has 0 aliphatic heterocycles. The van der Waals surface area contributed by atoms with Crippen LogP contribution >= 0.6 is 0 Å². The van der Waals surface area contributed by atoms with Crippen LogP contribution in [0.5, 0.6) is 11.5 Å². The van der Waals surface area contributed by atoms with Crippen molar-refractivity contribution in [3.05, 3.63) is 47.5 Å². The molecule has 36 heavy (non-hydrogen) atoms. The van der Waals surface area contributed by atoms with E-state index in [1.165, 1.54) is 99.3 Å². The maximum Gasteiger partial charge on any atom is 0.122 e. The van der Waals surface area contributed by atoms with Crippen molar-refractivity contribution in [1.29, 1.82) is 0 Å². The number of aryl methyl sites for hydroxylation is 2. The Morgan fingerprint density at radius 2 is 0.917 bits per heavy atom. The molecule has 2 aromatic rings. The Hall–Kier alpha value is -1.96. The van der Waals surface area contributed by atoms with Gasteiger partial charge in [0, 0.05) is 0 Å². The van der Waals surface area contributed by atoms with E-state index in [1.54, 1.807) is 0 Å². The largest absolute Gasteiger partial charge is 0.493 e. The van der Waals surface area contributed by atoms with Crippen molar-refractivity contribution < 1.29 is 9.47 Å². The summed E-state index contributed by atoms with van der Waals surface area (Å²) < 4.78 is 12.6. The molecule has 0 atom stereocenters. The molecule has 0 spiro atoms. The summed E-state index contributed by atoms with van der Waals surface area (Å²) in [7, 11) is 0. The summed E-state index contributed by atoms with van der Waals surface area (Å²) in [5.41, 5.74) is 4.96. The Bertz CT molecular complexity index is 855. The molecule has 2 aromatic carbocycles. The van der Waals surface area contributed by atoms with Gasteiger partial charge in [-0.3, -0.25) is 0 Å². The van der Waals surface area contributed by atoms with Crippen molar-refractivity contribution >= 4 is 0 Å². The summed E-state index contributed by atoms with van der Waals surface area (Å²) in [5.74, 6) is 5.44. The first-order valence-corrected chi connectivity index (χ1v) is 15.0. The molecule has 2 heteroatoms. The van der Waals surface area contributed by atoms with Gasteiger partial charge in [-0.25, -0.2) is 0 Å². The van der Waals surface area contributed by atoms with E-state index < -0.39 is 0 Å². The SMILES string of the molecule is CCCC1CCC(COc2ccc(-c3ccc(OCC4CCC(CCC)CC4)c(C)c3)cc2C)CC1. The third kappa shape index (κ3) is 7.53. The summed E-state index contributed by atoms with van der Waals surface area (Å²) in [4.78, 5) is 0. The van der Waals surface area contributed by atoms with Gasteiger partial charge in [0.25, 0.3) is 0 Å². The van der Waals surface area contributed by atoms with Crippen molar-refractivity contribution in [2.75, 3.05) is 13.2 Å². The van der Waals surface area contributed by atoms with Crippen LogP contribution in [0.3, 0.4) is 0 Å². The number of benzene rings is 2. The zero-order valence-corrected chi connectivity index (χ0v) is 23.5. The van der Waals surface area contributed by atoms with Gasteiger partial charge in [0.15, 0.2) is 0 Å². The predicted molar refractivity (Wildman–Crippen MR) is 153 cm³/mol. The van der Waals surface area contributed by atoms with E-state index in [0.29, 0.717) is 0 Å². The molecule has 198 valence electrons. The third-order valence-corrected chi connectivity index (χ3v) is 8.96. The summed E-state index contributed by atoms with van der Waals surface area (Å²) in [6, 6.07) is 13.3. The Kier molecular flexibility index (Phi) is 10.2. The summed E-state index contributed by atoms with van der Waals surface area (Å²) in [6.07, 6.45) is 16.3. The van der Waals surface area contributed by atoms with Gasteiger partial charge in [-0.15, -0.1) is 0 Å². The maximum atomic E-state index is 6.29. The first kappa shape index (κ1) is 27.1. The summed E-state index contributed by atoms with van der Waals surface area (Å²) in [5, 5.41) is 0. The normalized spacial score (nSPS) is 24.4. The van der Waals surface area contributed by atoms with Gasteiger partial charge < -0.3 is 9.47 Å². The number of hydrogen-bond donors (Lipinski definition) is 0. The second-order valence-electron chi connectivity index (χ2n) is 11.9. The van der Waals surface area contributed by atoms with Crippen LogP contribution in [-0.4, -0.2) is 13.2 Å². The molecule has 0 heterocycles. The van der Waals surface area contributed by atoms with Gasteiger partial charge in [0.1, 0.15) is 11.5 Å². The molecule has 0 saturated heterocycles. The molecule has 0 bridgehead atoms. The highest BCUT2D eigenvalue weighted by molar-refractivity contribution is 5.67. The van der Waals surface area contributed by atoms with Crippen LogP contribution in [-0.2, 0) is 0 Å². The van der Waals surface area contributed by atoms with Gasteiger partial charge in [0.2, 0.25) is 0 Å². The minimum Gasteiger partial charge on any atom is -0.493 e. The van der Waals surface area contributed by atoms with Crippen molar-refractivity contribution in [1.82, 2.24) is 0 Å². The third-order valence-electron chi connectivity index (χ3n) is 8.96. The average molecular weight is 491 g/mol. The Balaban J connectivity index is 1.27. The fourth-order valence-corrected chi connectivity index (χ4v) is 6.59. The van der Waals surface area contributed by atoms with E-state index in [2.05, 4.69) is 64.1 Å². The predicted octanol–water partition coefficient (Wildman–Crippen LogP) is 9.94. The van der Waals surface area contributed by atoms with Crippen LogP contribution in [0.25, 0.3) is 11.1 Å². The van der Waals surface area contributed by atoms with Crippen molar-refractivity contribution in [2.45, 2.75) is 105 Å². The zero-order chi connectivity index (χ0) is 25.3. The highest BCUT2D eigenvalue weighted by atomic mass is 16.5. The van der Waals surface area contributed by atoms with Crippen LogP contribution in [0.1, 0.15) is 102 Å². The first-order valence-electron chi connectivity index (χ1n) is 15.0. The topological polar surface area (TPSA) is 18.5 Å². The maximum absolute atomic E-state index is 6.29. The van der Waals surface area contributed by atoms with Crippen molar-refractivity contribution in [2.24, 2.45) is 23.7 Å². The van der Waals surface area contributed by atoms with E-state index in [-0.39, 0.29) is 0 Å². The van der Waals surface area contributed by atoms with E-state index >= 15 is 0 Å². The summed E-state index contributed by atoms with van der Waals surface area (Å²) in [6.45, 7) is 10.7. The molecule has 2 saturated carbocycles. The molecule has 2 aliphatic rings. The molecule has 0 N–H and O–H groups in total. The molecule has 0 radical (unpaired) electrons. The Labute approximate surface area is 221 Å². The zero-order valence-electron chi connectivity index (χ0n) is 23.5. The highest BCUT2D eigenvalue weighted by Crippen LogP contribution is 2.35. The quantitative estimate of drug-likeness (QED) is 0.312. The molecule has 0 amide bonds. The minimum atomic E-state index is 0.721. The second kappa shape index (κ2) is 13.5. The van der Waals surface area contributed by atoms with E-state index in [4.69, 9.17) is 9.47 Å². The fourth-order valence-electron chi connectivity index (χ4n) is 6.59. The van der Waals surface area contributed by atoms with Crippen LogP contribution in [0.2, 0.25) is 0 Å². The van der Waals surface area contributed by atoms with Crippen LogP contribution in [0.15, 0.2) is 36.4 Å². The van der Waals surface area contributed by atoms with E-state index in [1.807, 2.05) is 0 Å². The number of hydrogen-bond acceptors (Lipinski definition) is 2. The highest BCUT2D eigenvalue weighted by Gasteiger charge is 2.22. The van der Waals surface area contributed by atoms with E-state index in [9.17, 15) is 0 Å². The molecule has 4 rings (SSSR count). The minimum absolute atomic E-state index is 0.721. The first-order chi connectivity index (χ1) is 17.6. The standard InChI is InChI=1S/C34H50O2/c1-5-7-27-9-13-29(14-10-27)23-35-33-19-17-31(21-25(33)3)32-18-20-34(26(4)22-32)36-24-30-15-11-28(8-6-2)12-16-30/h17-22,27-30H,5-16,23-24H2,1-4H3. The molecular formula is C34H50O2. The Morgan fingerprint density at radius 1 is 0.556 bits per heavy atom. The van der Waals surface area contributed by atoms with Gasteiger partial charge in [-0.1, -0.05) is 77.3 Å². The lowest BCUT2D eigenvalue weighted by Gasteiger charge is -2.28. The second-order valence-corrected chi connectivity index (χ2v) is 11.9. The van der Waals surface area contributed by atoms with Crippen LogP contribution in [0, 0.1) is 37.5 Å². The van der Waals surface area contributed by atoms with Crippen molar-refractivity contribution in [3.63, 3.8) is 0 Å². The molecule has 0 unspecified atom stereocenters. The Morgan fingerprint density at radius 3 is 1.25 bits per heavy atom. The molecule has 2 nitrogen and oxygen atoms in total. The molecule has 2 fully saturated rings. The van der Waals surface area contributed by atoms with Crippen LogP contribution in [0.4, 0.5) is 0 Å². The number of rotatable bonds is 11. The summed E-state index contributed by atoms with van der Waals surface area (Å²) >= 11 is 0. The van der Waals surface area contributed by atoms with Gasteiger partial charge in [0.05, 0.1) is 13.2 Å². The molecular weight excluding hydrogens is 440 g/mol. The van der Waals surface area contributed by atoms with E-state index in [0.717, 1.165) is 48.4 Å². The lowest BCUT2D eigenvalue weighted by Crippen LogP contribution is -2.20.